The van der Waals surface area contributed by atoms with Gasteiger partial charge in [0.2, 0.25) is 0 Å². The topological polar surface area (TPSA) is 3.24 Å². The van der Waals surface area contributed by atoms with E-state index >= 15 is 0 Å². The van der Waals surface area contributed by atoms with Crippen LogP contribution in [0.25, 0.3) is 0 Å². The molecule has 0 N–H and O–H groups in total. The highest BCUT2D eigenvalue weighted by atomic mass is 15.1. The summed E-state index contributed by atoms with van der Waals surface area (Å²) in [6, 6.07) is 17.9. The van der Waals surface area contributed by atoms with Crippen LogP contribution in [0.4, 0.5) is 11.4 Å². The number of benzene rings is 2. The Morgan fingerprint density at radius 1 is 0.613 bits per heavy atom. The molecule has 0 aliphatic carbocycles. The Bertz CT molecular complexity index is 802. The fourth-order valence-electron chi connectivity index (χ4n) is 3.09. The number of hydrogen-bond acceptors (Lipinski definition) is 1. The molecule has 0 saturated heterocycles. The molecule has 1 nitrogen and oxygen atoms in total. The number of hydrogen-bond donors (Lipinski definition) is 0. The van der Waals surface area contributed by atoms with E-state index in [2.05, 4.69) is 120 Å². The van der Waals surface area contributed by atoms with E-state index in [1.807, 2.05) is 32.9 Å². The van der Waals surface area contributed by atoms with Crippen LogP contribution in [0.2, 0.25) is 0 Å². The second-order valence-corrected chi connectivity index (χ2v) is 9.93. The van der Waals surface area contributed by atoms with E-state index in [0.29, 0.717) is 0 Å². The van der Waals surface area contributed by atoms with Crippen LogP contribution in [-0.2, 0) is 10.8 Å². The van der Waals surface area contributed by atoms with Gasteiger partial charge in [-0.05, 0) is 80.0 Å². The maximum atomic E-state index is 2.32. The molecule has 0 atom stereocenters. The zero-order valence-electron chi connectivity index (χ0n) is 21.5. The van der Waals surface area contributed by atoms with Gasteiger partial charge in [-0.25, -0.2) is 0 Å². The van der Waals surface area contributed by atoms with Crippen LogP contribution in [-0.4, -0.2) is 0 Å². The normalized spacial score (nSPS) is 12.8. The molecule has 31 heavy (non-hydrogen) atoms. The highest BCUT2D eigenvalue weighted by Gasteiger charge is 2.17. The van der Waals surface area contributed by atoms with Gasteiger partial charge in [-0.2, -0.15) is 0 Å². The van der Waals surface area contributed by atoms with Crippen molar-refractivity contribution in [1.82, 2.24) is 0 Å². The van der Waals surface area contributed by atoms with Crippen molar-refractivity contribution in [3.63, 3.8) is 0 Å². The summed E-state index contributed by atoms with van der Waals surface area (Å²) in [6.45, 7) is 21.7. The van der Waals surface area contributed by atoms with Gasteiger partial charge >= 0.3 is 0 Å². The van der Waals surface area contributed by atoms with E-state index in [1.165, 1.54) is 28.2 Å². The van der Waals surface area contributed by atoms with E-state index < -0.39 is 0 Å². The lowest BCUT2D eigenvalue weighted by molar-refractivity contribution is 0.590. The highest BCUT2D eigenvalue weighted by Crippen LogP contribution is 2.33. The first kappa shape index (κ1) is 26.5. The highest BCUT2D eigenvalue weighted by molar-refractivity contribution is 5.69. The number of anilines is 2. The summed E-state index contributed by atoms with van der Waals surface area (Å²) >= 11 is 0. The fourth-order valence-corrected chi connectivity index (χ4v) is 3.09. The SMILES string of the molecule is C/C=C\C.C/C=C\C=C(/C)N(c1ccc(C(C)(C)C)cc1)c1ccc(C(C)(C)C)cc1. The van der Waals surface area contributed by atoms with Crippen LogP contribution < -0.4 is 4.90 Å². The lowest BCUT2D eigenvalue weighted by Crippen LogP contribution is -2.16. The van der Waals surface area contributed by atoms with E-state index in [0.717, 1.165) is 0 Å². The largest absolute Gasteiger partial charge is 0.315 e. The lowest BCUT2D eigenvalue weighted by Gasteiger charge is -2.28. The Hall–Kier alpha value is -2.54. The first-order valence-corrected chi connectivity index (χ1v) is 11.3. The number of nitrogens with zero attached hydrogens (tertiary/aromatic N) is 1. The monoisotopic (exact) mass is 417 g/mol. The van der Waals surface area contributed by atoms with Crippen molar-refractivity contribution < 1.29 is 0 Å². The minimum atomic E-state index is 0.160. The Balaban J connectivity index is 0.00000110. The summed E-state index contributed by atoms with van der Waals surface area (Å²) in [7, 11) is 0. The first-order chi connectivity index (χ1) is 14.5. The lowest BCUT2D eigenvalue weighted by atomic mass is 9.86. The molecule has 0 heterocycles. The van der Waals surface area contributed by atoms with Gasteiger partial charge in [0.05, 0.1) is 0 Å². The molecule has 0 saturated carbocycles. The third kappa shape index (κ3) is 8.25. The predicted octanol–water partition coefficient (Wildman–Crippen LogP) is 9.48. The van der Waals surface area contributed by atoms with E-state index in [1.54, 1.807) is 0 Å². The summed E-state index contributed by atoms with van der Waals surface area (Å²) in [4.78, 5) is 2.32. The summed E-state index contributed by atoms with van der Waals surface area (Å²) in [6.07, 6.45) is 10.3. The van der Waals surface area contributed by atoms with Crippen LogP contribution in [0.3, 0.4) is 0 Å². The van der Waals surface area contributed by atoms with Gasteiger partial charge in [0.15, 0.2) is 0 Å². The second-order valence-electron chi connectivity index (χ2n) is 9.93. The third-order valence-corrected chi connectivity index (χ3v) is 5.20. The molecule has 0 aliphatic heterocycles. The van der Waals surface area contributed by atoms with Crippen molar-refractivity contribution in [3.05, 3.63) is 95.7 Å². The average molecular weight is 418 g/mol. The summed E-state index contributed by atoms with van der Waals surface area (Å²) in [5.74, 6) is 0. The molecule has 0 spiro atoms. The Kier molecular flexibility index (Phi) is 10.0. The van der Waals surface area contributed by atoms with Crippen molar-refractivity contribution in [2.24, 2.45) is 0 Å². The van der Waals surface area contributed by atoms with Gasteiger partial charge in [0.1, 0.15) is 0 Å². The minimum Gasteiger partial charge on any atom is -0.315 e. The molecule has 2 aromatic rings. The first-order valence-electron chi connectivity index (χ1n) is 11.3. The van der Waals surface area contributed by atoms with E-state index in [-0.39, 0.29) is 10.8 Å². The fraction of sp³-hybridized carbons (Fsp3) is 0.400. The summed E-state index contributed by atoms with van der Waals surface area (Å²) in [5.41, 5.74) is 6.59. The van der Waals surface area contributed by atoms with Crippen LogP contribution in [0.1, 0.15) is 80.4 Å². The maximum absolute atomic E-state index is 2.32. The minimum absolute atomic E-state index is 0.160. The summed E-state index contributed by atoms with van der Waals surface area (Å²) in [5, 5.41) is 0. The Morgan fingerprint density at radius 2 is 0.968 bits per heavy atom. The summed E-state index contributed by atoms with van der Waals surface area (Å²) < 4.78 is 0. The second kappa shape index (κ2) is 11.7. The molecule has 2 aromatic carbocycles. The standard InChI is InChI=1S/C26H35N.C4H8/c1-9-10-11-20(2)27(23-16-12-21(13-17-23)25(3,4)5)24-18-14-22(15-19-24)26(6,7)8;1-3-4-2/h9-19H,1-8H3;3-4H,1-2H3/b10-9-,20-11+;4-3-. The molecule has 0 unspecified atom stereocenters. The molecule has 0 amide bonds. The molecule has 168 valence electrons. The van der Waals surface area contributed by atoms with Gasteiger partial charge < -0.3 is 4.90 Å². The van der Waals surface area contributed by atoms with Crippen molar-refractivity contribution >= 4 is 11.4 Å². The Morgan fingerprint density at radius 3 is 1.23 bits per heavy atom. The van der Waals surface area contributed by atoms with Gasteiger partial charge in [0, 0.05) is 17.1 Å². The molecule has 2 rings (SSSR count). The molecule has 0 aromatic heterocycles. The quantitative estimate of drug-likeness (QED) is 0.353. The maximum Gasteiger partial charge on any atom is 0.0458 e. The van der Waals surface area contributed by atoms with E-state index in [4.69, 9.17) is 0 Å². The van der Waals surface area contributed by atoms with Gasteiger partial charge in [-0.15, -0.1) is 0 Å². The molecule has 0 fully saturated rings. The number of rotatable bonds is 4. The predicted molar refractivity (Wildman–Crippen MR) is 141 cm³/mol. The van der Waals surface area contributed by atoms with Gasteiger partial charge in [0.25, 0.3) is 0 Å². The zero-order valence-corrected chi connectivity index (χ0v) is 21.5. The van der Waals surface area contributed by atoms with Crippen LogP contribution in [0, 0.1) is 0 Å². The van der Waals surface area contributed by atoms with Crippen molar-refractivity contribution in [2.75, 3.05) is 4.90 Å². The third-order valence-electron chi connectivity index (χ3n) is 5.20. The van der Waals surface area contributed by atoms with Gasteiger partial charge in [-0.1, -0.05) is 90.1 Å². The van der Waals surface area contributed by atoms with Crippen molar-refractivity contribution in [2.45, 2.75) is 80.1 Å². The molecule has 1 heteroatoms. The molecule has 0 bridgehead atoms. The number of allylic oxidation sites excluding steroid dienone is 6. The molecule has 0 aliphatic rings. The van der Waals surface area contributed by atoms with Crippen LogP contribution in [0.5, 0.6) is 0 Å². The zero-order chi connectivity index (χ0) is 23.7. The van der Waals surface area contributed by atoms with Crippen LogP contribution >= 0.6 is 0 Å². The smallest absolute Gasteiger partial charge is 0.0458 e. The molecular weight excluding hydrogens is 374 g/mol. The molecule has 0 radical (unpaired) electrons. The van der Waals surface area contributed by atoms with Crippen LogP contribution in [0.15, 0.2) is 84.6 Å². The van der Waals surface area contributed by atoms with E-state index in [9.17, 15) is 0 Å². The van der Waals surface area contributed by atoms with Crippen molar-refractivity contribution in [3.8, 4) is 0 Å². The van der Waals surface area contributed by atoms with Gasteiger partial charge in [-0.3, -0.25) is 0 Å². The Labute approximate surface area is 192 Å². The molecular formula is C30H43N. The average Bonchev–Trinajstić information content (AvgIpc) is 2.72. The van der Waals surface area contributed by atoms with Crippen molar-refractivity contribution in [1.29, 1.82) is 0 Å².